The summed E-state index contributed by atoms with van der Waals surface area (Å²) in [6, 6.07) is 8.12. The van der Waals surface area contributed by atoms with Gasteiger partial charge in [-0.3, -0.25) is 4.79 Å². The normalized spacial score (nSPS) is 14.6. The number of nitrogens with zero attached hydrogens (tertiary/aromatic N) is 1. The van der Waals surface area contributed by atoms with Gasteiger partial charge in [0.2, 0.25) is 0 Å². The number of Topliss-reactive ketones (excluding diaryl/α,β-unsaturated/α-hetero) is 1. The van der Waals surface area contributed by atoms with Crippen molar-refractivity contribution < 1.29 is 13.2 Å². The van der Waals surface area contributed by atoms with Crippen molar-refractivity contribution in [1.82, 2.24) is 0 Å². The first-order chi connectivity index (χ1) is 8.27. The molecule has 18 heavy (non-hydrogen) atoms. The molecular formula is C12H12ClNO3S. The molecule has 0 bridgehead atoms. The fourth-order valence-electron chi connectivity index (χ4n) is 1.43. The standard InChI is InChI=1S/C12H12ClNO3S/c1-8(18(2,16)17)12(15)11(7-14)9-4-3-5-10(13)6-9/h3-6,8,11H,1-2H3. The fourth-order valence-corrected chi connectivity index (χ4v) is 2.19. The summed E-state index contributed by atoms with van der Waals surface area (Å²) in [5.74, 6) is -1.75. The van der Waals surface area contributed by atoms with E-state index in [2.05, 4.69) is 0 Å². The van der Waals surface area contributed by atoms with E-state index in [0.29, 0.717) is 10.6 Å². The zero-order chi connectivity index (χ0) is 13.9. The highest BCUT2D eigenvalue weighted by molar-refractivity contribution is 7.92. The number of halogens is 1. The highest BCUT2D eigenvalue weighted by Gasteiger charge is 2.31. The van der Waals surface area contributed by atoms with Gasteiger partial charge in [0.05, 0.1) is 6.07 Å². The minimum Gasteiger partial charge on any atom is -0.296 e. The van der Waals surface area contributed by atoms with E-state index < -0.39 is 26.8 Å². The van der Waals surface area contributed by atoms with Gasteiger partial charge in [-0.25, -0.2) is 8.42 Å². The lowest BCUT2D eigenvalue weighted by molar-refractivity contribution is -0.118. The third kappa shape index (κ3) is 3.31. The van der Waals surface area contributed by atoms with E-state index in [9.17, 15) is 13.2 Å². The molecule has 0 radical (unpaired) electrons. The second-order valence-electron chi connectivity index (χ2n) is 3.99. The monoisotopic (exact) mass is 285 g/mol. The number of carbonyl (C=O) groups excluding carboxylic acids is 1. The molecule has 0 aliphatic carbocycles. The summed E-state index contributed by atoms with van der Waals surface area (Å²) in [6.07, 6.45) is 0.974. The quantitative estimate of drug-likeness (QED) is 0.847. The summed E-state index contributed by atoms with van der Waals surface area (Å²) in [7, 11) is -3.51. The Kier molecular flexibility index (Phi) is 4.49. The van der Waals surface area contributed by atoms with Crippen LogP contribution in [0.1, 0.15) is 18.4 Å². The molecule has 0 aromatic heterocycles. The molecule has 1 aromatic rings. The van der Waals surface area contributed by atoms with Crippen molar-refractivity contribution in [2.45, 2.75) is 18.1 Å². The first-order valence-corrected chi connectivity index (χ1v) is 7.48. The van der Waals surface area contributed by atoms with Crippen LogP contribution in [0, 0.1) is 11.3 Å². The highest BCUT2D eigenvalue weighted by atomic mass is 35.5. The molecule has 0 aliphatic heterocycles. The molecule has 1 aromatic carbocycles. The zero-order valence-electron chi connectivity index (χ0n) is 9.92. The van der Waals surface area contributed by atoms with Gasteiger partial charge < -0.3 is 0 Å². The molecule has 96 valence electrons. The van der Waals surface area contributed by atoms with Crippen LogP contribution < -0.4 is 0 Å². The molecule has 0 amide bonds. The number of carbonyl (C=O) groups is 1. The molecule has 0 spiro atoms. The number of nitriles is 1. The van der Waals surface area contributed by atoms with E-state index in [1.807, 2.05) is 6.07 Å². The number of ketones is 1. The van der Waals surface area contributed by atoms with Gasteiger partial charge in [-0.05, 0) is 24.6 Å². The maximum atomic E-state index is 12.0. The van der Waals surface area contributed by atoms with E-state index in [-0.39, 0.29) is 0 Å². The SMILES string of the molecule is CC(C(=O)C(C#N)c1cccc(Cl)c1)S(C)(=O)=O. The van der Waals surface area contributed by atoms with Crippen LogP contribution in [-0.2, 0) is 14.6 Å². The Morgan fingerprint density at radius 2 is 2.06 bits per heavy atom. The molecular weight excluding hydrogens is 274 g/mol. The van der Waals surface area contributed by atoms with Crippen molar-refractivity contribution in [2.75, 3.05) is 6.26 Å². The molecule has 4 nitrogen and oxygen atoms in total. The van der Waals surface area contributed by atoms with Gasteiger partial charge in [0.25, 0.3) is 0 Å². The molecule has 0 saturated carbocycles. The molecule has 0 fully saturated rings. The Bertz CT molecular complexity index is 604. The molecule has 0 aliphatic rings. The average Bonchev–Trinajstić information content (AvgIpc) is 2.27. The Morgan fingerprint density at radius 3 is 2.50 bits per heavy atom. The minimum atomic E-state index is -3.51. The van der Waals surface area contributed by atoms with Crippen molar-refractivity contribution >= 4 is 27.2 Å². The van der Waals surface area contributed by atoms with Crippen LogP contribution in [0.5, 0.6) is 0 Å². The largest absolute Gasteiger partial charge is 0.296 e. The lowest BCUT2D eigenvalue weighted by Gasteiger charge is -2.13. The summed E-state index contributed by atoms with van der Waals surface area (Å²) in [5, 5.41) is 8.24. The second kappa shape index (κ2) is 5.51. The fraction of sp³-hybridized carbons (Fsp3) is 0.333. The van der Waals surface area contributed by atoms with Gasteiger partial charge in [0.1, 0.15) is 11.2 Å². The highest BCUT2D eigenvalue weighted by Crippen LogP contribution is 2.22. The molecule has 0 heterocycles. The summed E-state index contributed by atoms with van der Waals surface area (Å²) >= 11 is 5.78. The van der Waals surface area contributed by atoms with Crippen molar-refractivity contribution in [1.29, 1.82) is 5.26 Å². The zero-order valence-corrected chi connectivity index (χ0v) is 11.5. The van der Waals surface area contributed by atoms with Crippen LogP contribution in [-0.4, -0.2) is 25.7 Å². The summed E-state index contributed by atoms with van der Waals surface area (Å²) < 4.78 is 22.7. The van der Waals surface area contributed by atoms with E-state index in [1.54, 1.807) is 18.2 Å². The van der Waals surface area contributed by atoms with E-state index >= 15 is 0 Å². The van der Waals surface area contributed by atoms with Gasteiger partial charge in [0.15, 0.2) is 15.6 Å². The van der Waals surface area contributed by atoms with Crippen LogP contribution in [0.25, 0.3) is 0 Å². The maximum Gasteiger partial charge on any atom is 0.172 e. The third-order valence-corrected chi connectivity index (χ3v) is 4.39. The van der Waals surface area contributed by atoms with Crippen LogP contribution in [0.3, 0.4) is 0 Å². The molecule has 6 heteroatoms. The van der Waals surface area contributed by atoms with Crippen molar-refractivity contribution in [3.05, 3.63) is 34.9 Å². The van der Waals surface area contributed by atoms with Crippen LogP contribution in [0.4, 0.5) is 0 Å². The number of hydrogen-bond acceptors (Lipinski definition) is 4. The van der Waals surface area contributed by atoms with Gasteiger partial charge in [-0.15, -0.1) is 0 Å². The van der Waals surface area contributed by atoms with Crippen molar-refractivity contribution in [3.63, 3.8) is 0 Å². The number of hydrogen-bond donors (Lipinski definition) is 0. The predicted octanol–water partition coefficient (Wildman–Crippen LogP) is 1.95. The van der Waals surface area contributed by atoms with Gasteiger partial charge in [0, 0.05) is 11.3 Å². The van der Waals surface area contributed by atoms with Crippen molar-refractivity contribution in [2.24, 2.45) is 0 Å². The topological polar surface area (TPSA) is 75.0 Å². The minimum absolute atomic E-state index is 0.396. The first-order valence-electron chi connectivity index (χ1n) is 5.15. The van der Waals surface area contributed by atoms with Crippen LogP contribution in [0.2, 0.25) is 5.02 Å². The van der Waals surface area contributed by atoms with E-state index in [4.69, 9.17) is 16.9 Å². The summed E-state index contributed by atoms with van der Waals surface area (Å²) in [5.41, 5.74) is 0.408. The Balaban J connectivity index is 3.14. The molecule has 2 unspecified atom stereocenters. The Labute approximate surface area is 111 Å². The first kappa shape index (κ1) is 14.7. The van der Waals surface area contributed by atoms with Crippen LogP contribution in [0.15, 0.2) is 24.3 Å². The van der Waals surface area contributed by atoms with Crippen molar-refractivity contribution in [3.8, 4) is 6.07 Å². The average molecular weight is 286 g/mol. The lowest BCUT2D eigenvalue weighted by atomic mass is 9.95. The summed E-state index contributed by atoms with van der Waals surface area (Å²) in [4.78, 5) is 12.0. The van der Waals surface area contributed by atoms with E-state index in [1.165, 1.54) is 13.0 Å². The number of benzene rings is 1. The predicted molar refractivity (Wildman–Crippen MR) is 69.1 cm³/mol. The van der Waals surface area contributed by atoms with Gasteiger partial charge >= 0.3 is 0 Å². The molecule has 0 saturated heterocycles. The van der Waals surface area contributed by atoms with Gasteiger partial charge in [-0.1, -0.05) is 23.7 Å². The molecule has 2 atom stereocenters. The van der Waals surface area contributed by atoms with Crippen LogP contribution >= 0.6 is 11.6 Å². The van der Waals surface area contributed by atoms with Gasteiger partial charge in [-0.2, -0.15) is 5.26 Å². The number of rotatable bonds is 4. The summed E-state index contributed by atoms with van der Waals surface area (Å²) in [6.45, 7) is 1.28. The third-order valence-electron chi connectivity index (χ3n) is 2.64. The Hall–Kier alpha value is -1.38. The van der Waals surface area contributed by atoms with E-state index in [0.717, 1.165) is 6.26 Å². The lowest BCUT2D eigenvalue weighted by Crippen LogP contribution is -2.30. The molecule has 1 rings (SSSR count). The number of sulfone groups is 1. The maximum absolute atomic E-state index is 12.0. The molecule has 0 N–H and O–H groups in total. The Morgan fingerprint density at radius 1 is 1.44 bits per heavy atom. The second-order valence-corrected chi connectivity index (χ2v) is 6.79. The smallest absolute Gasteiger partial charge is 0.172 e.